The fraction of sp³-hybridized carbons (Fsp3) is 0.412. The lowest BCUT2D eigenvalue weighted by molar-refractivity contribution is 0.223. The Balaban J connectivity index is 1.84. The Bertz CT molecular complexity index is 653. The van der Waals surface area contributed by atoms with Crippen LogP contribution in [0.2, 0.25) is 0 Å². The van der Waals surface area contributed by atoms with Gasteiger partial charge in [-0.25, -0.2) is 9.38 Å². The Morgan fingerprint density at radius 3 is 2.71 bits per heavy atom. The third kappa shape index (κ3) is 5.91. The number of hydrogen-bond acceptors (Lipinski definition) is 3. The zero-order valence-electron chi connectivity index (χ0n) is 14.3. The molecular formula is C17H24FN5O. The molecule has 2 rings (SSSR count). The van der Waals surface area contributed by atoms with E-state index in [1.165, 1.54) is 12.1 Å². The van der Waals surface area contributed by atoms with Crippen LogP contribution in [0.1, 0.15) is 19.4 Å². The lowest BCUT2D eigenvalue weighted by atomic mass is 10.3. The molecule has 2 aromatic rings. The van der Waals surface area contributed by atoms with Crippen LogP contribution in [0.5, 0.6) is 5.75 Å². The fourth-order valence-electron chi connectivity index (χ4n) is 2.09. The lowest BCUT2D eigenvalue weighted by Crippen LogP contribution is -2.41. The van der Waals surface area contributed by atoms with Gasteiger partial charge in [0.15, 0.2) is 5.96 Å². The minimum absolute atomic E-state index is 0.0855. The van der Waals surface area contributed by atoms with Crippen molar-refractivity contribution in [3.8, 4) is 5.75 Å². The Morgan fingerprint density at radius 1 is 1.33 bits per heavy atom. The van der Waals surface area contributed by atoms with Gasteiger partial charge >= 0.3 is 0 Å². The smallest absolute Gasteiger partial charge is 0.191 e. The molecule has 24 heavy (non-hydrogen) atoms. The number of ether oxygens (including phenoxy) is 1. The van der Waals surface area contributed by atoms with Crippen LogP contribution in [-0.2, 0) is 13.6 Å². The summed E-state index contributed by atoms with van der Waals surface area (Å²) in [5.74, 6) is 1.09. The van der Waals surface area contributed by atoms with Crippen LogP contribution < -0.4 is 15.4 Å². The molecule has 1 aromatic heterocycles. The highest BCUT2D eigenvalue weighted by Crippen LogP contribution is 2.12. The summed E-state index contributed by atoms with van der Waals surface area (Å²) in [6, 6.07) is 6.00. The minimum atomic E-state index is -0.273. The molecule has 1 atom stereocenters. The number of guanidine groups is 1. The van der Waals surface area contributed by atoms with E-state index in [4.69, 9.17) is 4.74 Å². The summed E-state index contributed by atoms with van der Waals surface area (Å²) in [5.41, 5.74) is 1.05. The number of rotatable bonds is 7. The molecule has 0 aliphatic heterocycles. The fourth-order valence-corrected chi connectivity index (χ4v) is 2.09. The minimum Gasteiger partial charge on any atom is -0.489 e. The summed E-state index contributed by atoms with van der Waals surface area (Å²) < 4.78 is 20.4. The first kappa shape index (κ1) is 17.8. The molecule has 0 spiro atoms. The second-order valence-corrected chi connectivity index (χ2v) is 5.48. The van der Waals surface area contributed by atoms with Crippen molar-refractivity contribution < 1.29 is 9.13 Å². The second-order valence-electron chi connectivity index (χ2n) is 5.48. The highest BCUT2D eigenvalue weighted by molar-refractivity contribution is 5.79. The topological polar surface area (TPSA) is 63.5 Å². The van der Waals surface area contributed by atoms with Gasteiger partial charge in [0, 0.05) is 25.4 Å². The van der Waals surface area contributed by atoms with Gasteiger partial charge in [-0.15, -0.1) is 0 Å². The van der Waals surface area contributed by atoms with Crippen LogP contribution in [0, 0.1) is 5.82 Å². The van der Waals surface area contributed by atoms with Crippen molar-refractivity contribution in [2.24, 2.45) is 12.0 Å². The summed E-state index contributed by atoms with van der Waals surface area (Å²) in [4.78, 5) is 4.52. The first-order chi connectivity index (χ1) is 11.6. The van der Waals surface area contributed by atoms with Gasteiger partial charge in [-0.1, -0.05) is 0 Å². The molecule has 0 radical (unpaired) electrons. The normalized spacial score (nSPS) is 12.8. The van der Waals surface area contributed by atoms with Gasteiger partial charge in [-0.3, -0.25) is 4.68 Å². The standard InChI is InChI=1S/C17H24FN5O/c1-4-19-17(21-10-14-11-22-23(3)12-14)20-9-13(2)24-16-7-5-15(18)6-8-16/h5-8,11-13H,4,9-10H2,1-3H3,(H2,19,20,21). The molecule has 0 aliphatic rings. The van der Waals surface area contributed by atoms with Crippen molar-refractivity contribution in [2.45, 2.75) is 26.5 Å². The number of nitrogens with one attached hydrogen (secondary N) is 2. The van der Waals surface area contributed by atoms with Crippen molar-refractivity contribution in [2.75, 3.05) is 13.1 Å². The SMILES string of the molecule is CCNC(=NCc1cnn(C)c1)NCC(C)Oc1ccc(F)cc1. The van der Waals surface area contributed by atoms with Crippen LogP contribution in [0.3, 0.4) is 0 Å². The number of nitrogens with zero attached hydrogens (tertiary/aromatic N) is 3. The maximum atomic E-state index is 12.9. The maximum absolute atomic E-state index is 12.9. The molecule has 0 amide bonds. The summed E-state index contributed by atoms with van der Waals surface area (Å²) in [6.45, 7) is 5.86. The highest BCUT2D eigenvalue weighted by atomic mass is 19.1. The molecule has 2 N–H and O–H groups in total. The molecule has 6 nitrogen and oxygen atoms in total. The van der Waals surface area contributed by atoms with E-state index >= 15 is 0 Å². The van der Waals surface area contributed by atoms with E-state index in [1.807, 2.05) is 27.1 Å². The van der Waals surface area contributed by atoms with E-state index in [9.17, 15) is 4.39 Å². The Morgan fingerprint density at radius 2 is 2.08 bits per heavy atom. The molecule has 1 aromatic carbocycles. The highest BCUT2D eigenvalue weighted by Gasteiger charge is 2.06. The zero-order chi connectivity index (χ0) is 17.4. The molecule has 0 saturated heterocycles. The lowest BCUT2D eigenvalue weighted by Gasteiger charge is -2.17. The zero-order valence-corrected chi connectivity index (χ0v) is 14.3. The first-order valence-corrected chi connectivity index (χ1v) is 7.98. The molecule has 1 unspecified atom stereocenters. The Kier molecular flexibility index (Phi) is 6.60. The Hall–Kier alpha value is -2.57. The number of aliphatic imine (C=N–C) groups is 1. The van der Waals surface area contributed by atoms with Crippen molar-refractivity contribution in [1.82, 2.24) is 20.4 Å². The molecule has 0 aliphatic carbocycles. The van der Waals surface area contributed by atoms with Gasteiger partial charge in [-0.05, 0) is 38.1 Å². The van der Waals surface area contributed by atoms with Gasteiger partial charge in [0.25, 0.3) is 0 Å². The predicted molar refractivity (Wildman–Crippen MR) is 92.5 cm³/mol. The molecule has 1 heterocycles. The van der Waals surface area contributed by atoms with E-state index in [0.29, 0.717) is 18.8 Å². The average molecular weight is 333 g/mol. The molecular weight excluding hydrogens is 309 g/mol. The van der Waals surface area contributed by atoms with E-state index in [1.54, 1.807) is 23.0 Å². The maximum Gasteiger partial charge on any atom is 0.191 e. The predicted octanol–water partition coefficient (Wildman–Crippen LogP) is 2.08. The number of aromatic nitrogens is 2. The number of halogens is 1. The van der Waals surface area contributed by atoms with E-state index < -0.39 is 0 Å². The van der Waals surface area contributed by atoms with Crippen LogP contribution >= 0.6 is 0 Å². The van der Waals surface area contributed by atoms with Crippen molar-refractivity contribution in [3.63, 3.8) is 0 Å². The first-order valence-electron chi connectivity index (χ1n) is 7.98. The summed E-state index contributed by atoms with van der Waals surface area (Å²) >= 11 is 0. The number of benzene rings is 1. The van der Waals surface area contributed by atoms with Crippen LogP contribution in [0.25, 0.3) is 0 Å². The second kappa shape index (κ2) is 8.90. The van der Waals surface area contributed by atoms with Gasteiger partial charge < -0.3 is 15.4 Å². The quantitative estimate of drug-likeness (QED) is 0.601. The summed E-state index contributed by atoms with van der Waals surface area (Å²) in [5, 5.41) is 10.6. The van der Waals surface area contributed by atoms with Gasteiger partial charge in [0.1, 0.15) is 17.7 Å². The number of hydrogen-bond donors (Lipinski definition) is 2. The van der Waals surface area contributed by atoms with Crippen LogP contribution in [-0.4, -0.2) is 34.9 Å². The van der Waals surface area contributed by atoms with E-state index in [-0.39, 0.29) is 11.9 Å². The van der Waals surface area contributed by atoms with Crippen LogP contribution in [0.4, 0.5) is 4.39 Å². The van der Waals surface area contributed by atoms with Crippen molar-refractivity contribution in [3.05, 3.63) is 48.0 Å². The molecule has 0 saturated carbocycles. The van der Waals surface area contributed by atoms with E-state index in [2.05, 4.69) is 20.7 Å². The summed E-state index contributed by atoms with van der Waals surface area (Å²) in [7, 11) is 1.88. The molecule has 7 heteroatoms. The molecule has 130 valence electrons. The van der Waals surface area contributed by atoms with Crippen molar-refractivity contribution >= 4 is 5.96 Å². The van der Waals surface area contributed by atoms with Crippen molar-refractivity contribution in [1.29, 1.82) is 0 Å². The van der Waals surface area contributed by atoms with E-state index in [0.717, 1.165) is 18.1 Å². The third-order valence-electron chi connectivity index (χ3n) is 3.23. The molecule has 0 fully saturated rings. The average Bonchev–Trinajstić information content (AvgIpc) is 2.98. The third-order valence-corrected chi connectivity index (χ3v) is 3.23. The van der Waals surface area contributed by atoms with Gasteiger partial charge in [0.2, 0.25) is 0 Å². The monoisotopic (exact) mass is 333 g/mol. The Labute approximate surface area is 141 Å². The molecule has 0 bridgehead atoms. The summed E-state index contributed by atoms with van der Waals surface area (Å²) in [6.07, 6.45) is 3.65. The van der Waals surface area contributed by atoms with Gasteiger partial charge in [-0.2, -0.15) is 5.10 Å². The number of aryl methyl sites for hydroxylation is 1. The largest absolute Gasteiger partial charge is 0.489 e. The van der Waals surface area contributed by atoms with Gasteiger partial charge in [0.05, 0.1) is 19.3 Å². The van der Waals surface area contributed by atoms with Crippen LogP contribution in [0.15, 0.2) is 41.7 Å².